The Morgan fingerprint density at radius 1 is 1.18 bits per heavy atom. The van der Waals surface area contributed by atoms with Gasteiger partial charge in [-0.25, -0.2) is 0 Å². The highest BCUT2D eigenvalue weighted by molar-refractivity contribution is 4.50. The lowest BCUT2D eigenvalue weighted by Crippen LogP contribution is -2.36. The summed E-state index contributed by atoms with van der Waals surface area (Å²) in [6.07, 6.45) is 0.824. The molecule has 0 aromatic rings. The average molecular weight is 166 g/mol. The van der Waals surface area contributed by atoms with E-state index in [0.717, 1.165) is 0 Å². The minimum Gasteiger partial charge on any atom is -0.370 e. The minimum atomic E-state index is -1.85. The van der Waals surface area contributed by atoms with Crippen LogP contribution in [0.25, 0.3) is 0 Å². The summed E-state index contributed by atoms with van der Waals surface area (Å²) in [6.45, 7) is 0.527. The summed E-state index contributed by atoms with van der Waals surface area (Å²) in [5.41, 5.74) is 0. The van der Waals surface area contributed by atoms with E-state index in [-0.39, 0.29) is 6.42 Å². The highest BCUT2D eigenvalue weighted by atomic mass is 16.9. The maximum absolute atomic E-state index is 9.25. The van der Waals surface area contributed by atoms with E-state index >= 15 is 0 Å². The van der Waals surface area contributed by atoms with E-state index in [1.54, 1.807) is 0 Å². The first-order valence-corrected chi connectivity index (χ1v) is 3.40. The molecule has 0 spiro atoms. The molecule has 5 heteroatoms. The molecular formula is C6H14O5. The van der Waals surface area contributed by atoms with E-state index in [1.165, 1.54) is 0 Å². The fourth-order valence-corrected chi connectivity index (χ4v) is 0.704. The molecule has 3 N–H and O–H groups in total. The van der Waals surface area contributed by atoms with Gasteiger partial charge in [-0.05, 0) is 6.42 Å². The van der Waals surface area contributed by atoms with Crippen molar-refractivity contribution in [2.24, 2.45) is 0 Å². The van der Waals surface area contributed by atoms with Crippen LogP contribution in [0.4, 0.5) is 0 Å². The maximum atomic E-state index is 9.25. The molecular weight excluding hydrogens is 152 g/mol. The Balaban J connectivity index is 3.79. The van der Waals surface area contributed by atoms with Crippen LogP contribution in [0.15, 0.2) is 0 Å². The van der Waals surface area contributed by atoms with Gasteiger partial charge in [0.25, 0.3) is 5.97 Å². The molecule has 0 aromatic carbocycles. The van der Waals surface area contributed by atoms with Gasteiger partial charge in [-0.1, -0.05) is 6.92 Å². The molecule has 0 unspecified atom stereocenters. The molecule has 0 rings (SSSR count). The molecule has 0 saturated carbocycles. The molecule has 0 heterocycles. The molecule has 0 atom stereocenters. The van der Waals surface area contributed by atoms with Crippen molar-refractivity contribution < 1.29 is 24.8 Å². The lowest BCUT2D eigenvalue weighted by Gasteiger charge is -2.25. The van der Waals surface area contributed by atoms with E-state index in [4.69, 9.17) is 10.2 Å². The summed E-state index contributed by atoms with van der Waals surface area (Å²) in [5, 5.41) is 25.9. The Labute approximate surface area is 65.2 Å². The van der Waals surface area contributed by atoms with Crippen molar-refractivity contribution in [2.75, 3.05) is 13.6 Å². The van der Waals surface area contributed by atoms with Gasteiger partial charge < -0.3 is 24.8 Å². The zero-order chi connectivity index (χ0) is 8.74. The van der Waals surface area contributed by atoms with Crippen molar-refractivity contribution in [2.45, 2.75) is 25.7 Å². The molecule has 0 aromatic heterocycles. The number of aliphatic hydroxyl groups excluding tert-OH is 2. The topological polar surface area (TPSA) is 79.2 Å². The van der Waals surface area contributed by atoms with Gasteiger partial charge in [-0.15, -0.1) is 0 Å². The fraction of sp³-hybridized carbons (Fsp3) is 1.00. The second-order valence-corrected chi connectivity index (χ2v) is 2.01. The van der Waals surface area contributed by atoms with Crippen molar-refractivity contribution >= 4 is 0 Å². The fourth-order valence-electron chi connectivity index (χ4n) is 0.704. The largest absolute Gasteiger partial charge is 0.370 e. The summed E-state index contributed by atoms with van der Waals surface area (Å²) < 4.78 is 8.88. The number of ether oxygens (including phenoxy) is 2. The number of hydrogen-bond donors (Lipinski definition) is 3. The molecule has 0 fully saturated rings. The Bertz CT molecular complexity index is 78.0. The van der Waals surface area contributed by atoms with Crippen LogP contribution in [-0.4, -0.2) is 34.9 Å². The maximum Gasteiger partial charge on any atom is 0.284 e. The van der Waals surface area contributed by atoms with Crippen LogP contribution in [-0.2, 0) is 9.47 Å². The number of aliphatic hydroxyl groups is 3. The molecule has 0 aliphatic carbocycles. The Hall–Kier alpha value is -0.200. The molecule has 0 amide bonds. The molecule has 0 aliphatic heterocycles. The van der Waals surface area contributed by atoms with Crippen LogP contribution in [0.5, 0.6) is 0 Å². The van der Waals surface area contributed by atoms with Gasteiger partial charge >= 0.3 is 0 Å². The van der Waals surface area contributed by atoms with Gasteiger partial charge in [0.15, 0.2) is 0 Å². The molecule has 0 radical (unpaired) electrons. The zero-order valence-corrected chi connectivity index (χ0v) is 6.49. The molecule has 68 valence electrons. The molecule has 0 aliphatic rings. The van der Waals surface area contributed by atoms with Crippen molar-refractivity contribution in [1.82, 2.24) is 0 Å². The molecule has 0 saturated heterocycles. The van der Waals surface area contributed by atoms with Crippen LogP contribution in [0.2, 0.25) is 0 Å². The SMILES string of the molecule is CCCC(O)(OCO)OCO. The van der Waals surface area contributed by atoms with Crippen molar-refractivity contribution in [1.29, 1.82) is 0 Å². The first-order valence-electron chi connectivity index (χ1n) is 3.40. The van der Waals surface area contributed by atoms with E-state index in [1.807, 2.05) is 6.92 Å². The minimum absolute atomic E-state index is 0.202. The summed E-state index contributed by atoms with van der Waals surface area (Å²) in [6, 6.07) is 0. The standard InChI is InChI=1S/C6H14O5/c1-2-3-6(9,10-4-7)11-5-8/h7-9H,2-5H2,1H3. The third-order valence-corrected chi connectivity index (χ3v) is 1.15. The monoisotopic (exact) mass is 166 g/mol. The van der Waals surface area contributed by atoms with Crippen LogP contribution in [0, 0.1) is 0 Å². The Kier molecular flexibility index (Phi) is 5.35. The van der Waals surface area contributed by atoms with E-state index in [9.17, 15) is 5.11 Å². The van der Waals surface area contributed by atoms with Crippen LogP contribution < -0.4 is 0 Å². The highest BCUT2D eigenvalue weighted by Crippen LogP contribution is 2.15. The quantitative estimate of drug-likeness (QED) is 0.458. The van der Waals surface area contributed by atoms with Crippen LogP contribution in [0.3, 0.4) is 0 Å². The van der Waals surface area contributed by atoms with Gasteiger partial charge in [0.05, 0.1) is 0 Å². The molecule has 11 heavy (non-hydrogen) atoms. The van der Waals surface area contributed by atoms with Crippen molar-refractivity contribution in [3.63, 3.8) is 0 Å². The van der Waals surface area contributed by atoms with E-state index in [2.05, 4.69) is 9.47 Å². The van der Waals surface area contributed by atoms with Crippen LogP contribution >= 0.6 is 0 Å². The van der Waals surface area contributed by atoms with Gasteiger partial charge in [0.1, 0.15) is 13.6 Å². The first-order chi connectivity index (χ1) is 5.18. The number of hydrogen-bond acceptors (Lipinski definition) is 5. The van der Waals surface area contributed by atoms with Gasteiger partial charge in [0.2, 0.25) is 0 Å². The lowest BCUT2D eigenvalue weighted by atomic mass is 10.3. The summed E-state index contributed by atoms with van der Waals surface area (Å²) in [4.78, 5) is 0. The van der Waals surface area contributed by atoms with Crippen molar-refractivity contribution in [3.8, 4) is 0 Å². The van der Waals surface area contributed by atoms with Crippen molar-refractivity contribution in [3.05, 3.63) is 0 Å². The van der Waals surface area contributed by atoms with Gasteiger partial charge in [0, 0.05) is 6.42 Å². The van der Waals surface area contributed by atoms with E-state index < -0.39 is 19.6 Å². The van der Waals surface area contributed by atoms with E-state index in [0.29, 0.717) is 6.42 Å². The summed E-state index contributed by atoms with van der Waals surface area (Å²) >= 11 is 0. The normalized spacial score (nSPS) is 12.0. The Morgan fingerprint density at radius 2 is 1.64 bits per heavy atom. The zero-order valence-electron chi connectivity index (χ0n) is 6.49. The van der Waals surface area contributed by atoms with Crippen LogP contribution in [0.1, 0.15) is 19.8 Å². The smallest absolute Gasteiger partial charge is 0.284 e. The summed E-state index contributed by atoms with van der Waals surface area (Å²) in [5.74, 6) is -1.85. The highest BCUT2D eigenvalue weighted by Gasteiger charge is 2.27. The molecule has 0 bridgehead atoms. The second-order valence-electron chi connectivity index (χ2n) is 2.01. The number of rotatable bonds is 6. The first kappa shape index (κ1) is 10.8. The second kappa shape index (κ2) is 5.45. The third-order valence-electron chi connectivity index (χ3n) is 1.15. The summed E-state index contributed by atoms with van der Waals surface area (Å²) in [7, 11) is 0. The predicted molar refractivity (Wildman–Crippen MR) is 36.2 cm³/mol. The Morgan fingerprint density at radius 3 is 1.91 bits per heavy atom. The average Bonchev–Trinajstić information content (AvgIpc) is 1.88. The van der Waals surface area contributed by atoms with Gasteiger partial charge in [-0.2, -0.15) is 0 Å². The molecule has 5 nitrogen and oxygen atoms in total. The third kappa shape index (κ3) is 4.28. The predicted octanol–water partition coefficient (Wildman–Crippen LogP) is -0.635. The lowest BCUT2D eigenvalue weighted by molar-refractivity contribution is -0.393. The van der Waals surface area contributed by atoms with Gasteiger partial charge in [-0.3, -0.25) is 0 Å².